The van der Waals surface area contributed by atoms with Gasteiger partial charge in [0.15, 0.2) is 0 Å². The van der Waals surface area contributed by atoms with Crippen LogP contribution in [0.2, 0.25) is 0 Å². The third-order valence-corrected chi connectivity index (χ3v) is 7.80. The van der Waals surface area contributed by atoms with Gasteiger partial charge in [0, 0.05) is 42.2 Å². The molecule has 2 aromatic heterocycles. The molecule has 1 amide bonds. The van der Waals surface area contributed by atoms with Crippen LogP contribution in [0.15, 0.2) is 41.7 Å². The van der Waals surface area contributed by atoms with Crippen molar-refractivity contribution in [1.82, 2.24) is 19.7 Å². The number of imidazole rings is 1. The molecule has 0 saturated heterocycles. The van der Waals surface area contributed by atoms with Gasteiger partial charge in [0.25, 0.3) is 0 Å². The number of nitrogens with zero attached hydrogens (tertiary/aromatic N) is 2. The van der Waals surface area contributed by atoms with E-state index in [9.17, 15) is 9.00 Å². The molecule has 4 rings (SSSR count). The molecule has 1 atom stereocenters. The molecule has 4 N–H and O–H groups in total. The van der Waals surface area contributed by atoms with Gasteiger partial charge in [-0.05, 0) is 32.8 Å². The second-order valence-electron chi connectivity index (χ2n) is 8.30. The van der Waals surface area contributed by atoms with Crippen LogP contribution in [0.25, 0.3) is 21.8 Å². The summed E-state index contributed by atoms with van der Waals surface area (Å²) in [6.07, 6.45) is 11.1. The number of ether oxygens (including phenoxy) is 1. The van der Waals surface area contributed by atoms with Gasteiger partial charge in [-0.2, -0.15) is 0 Å². The number of primary amides is 1. The van der Waals surface area contributed by atoms with Crippen molar-refractivity contribution in [2.45, 2.75) is 69.8 Å². The van der Waals surface area contributed by atoms with Gasteiger partial charge < -0.3 is 15.5 Å². The lowest BCUT2D eigenvalue weighted by Crippen LogP contribution is -2.17. The smallest absolute Gasteiger partial charge is 0.404 e. The van der Waals surface area contributed by atoms with Crippen LogP contribution >= 0.6 is 11.3 Å². The summed E-state index contributed by atoms with van der Waals surface area (Å²) in [7, 11) is -1.28. The van der Waals surface area contributed by atoms with Gasteiger partial charge in [0.2, 0.25) is 0 Å². The second-order valence-corrected chi connectivity index (χ2v) is 10.6. The normalized spacial score (nSPS) is 14.9. The average molecular weight is 504 g/mol. The van der Waals surface area contributed by atoms with E-state index >= 15 is 0 Å². The predicted molar refractivity (Wildman–Crippen MR) is 137 cm³/mol. The lowest BCUT2D eigenvalue weighted by Gasteiger charge is -2.18. The number of benzene rings is 1. The number of hydrogen-bond donors (Lipinski definition) is 3. The number of nitrogens with one attached hydrogen (secondary N) is 2. The largest absolute Gasteiger partial charge is 0.447 e. The number of nitrogens with two attached hydrogens (primary N) is 1. The molecule has 3 aromatic rings. The van der Waals surface area contributed by atoms with Crippen LogP contribution in [0.3, 0.4) is 0 Å². The van der Waals surface area contributed by atoms with Crippen molar-refractivity contribution >= 4 is 28.4 Å². The van der Waals surface area contributed by atoms with Gasteiger partial charge >= 0.3 is 6.09 Å². The minimum absolute atomic E-state index is 0.0995. The highest BCUT2D eigenvalue weighted by Gasteiger charge is 2.21. The van der Waals surface area contributed by atoms with Crippen LogP contribution < -0.4 is 10.5 Å². The number of carbonyl (C=O) groups excluding carboxylic acids is 1. The fourth-order valence-electron chi connectivity index (χ4n) is 3.84. The molecular weight excluding hydrogens is 470 g/mol. The fraction of sp³-hybridized carbons (Fsp3) is 0.458. The Kier molecular flexibility index (Phi) is 9.79. The molecule has 0 bridgehead atoms. The van der Waals surface area contributed by atoms with Gasteiger partial charge in [0.1, 0.15) is 16.8 Å². The van der Waals surface area contributed by atoms with E-state index in [1.807, 2.05) is 31.3 Å². The number of carbonyl (C=O) groups is 1. The van der Waals surface area contributed by atoms with Crippen molar-refractivity contribution in [1.29, 1.82) is 0 Å². The highest BCUT2D eigenvalue weighted by Crippen LogP contribution is 2.39. The predicted octanol–water partition coefficient (Wildman–Crippen LogP) is 5.37. The van der Waals surface area contributed by atoms with Gasteiger partial charge in [-0.25, -0.2) is 23.7 Å². The van der Waals surface area contributed by atoms with Crippen molar-refractivity contribution < 1.29 is 13.7 Å². The number of rotatable bonds is 7. The highest BCUT2D eigenvalue weighted by molar-refractivity contribution is 7.83. The maximum Gasteiger partial charge on any atom is 0.404 e. The number of hydrogen-bond acceptors (Lipinski definition) is 6. The third-order valence-electron chi connectivity index (χ3n) is 5.32. The molecule has 10 heteroatoms. The van der Waals surface area contributed by atoms with E-state index in [4.69, 9.17) is 4.98 Å². The maximum absolute atomic E-state index is 12.8. The van der Waals surface area contributed by atoms with E-state index in [2.05, 4.69) is 25.2 Å². The number of thiazole rings is 1. The molecule has 2 heterocycles. The van der Waals surface area contributed by atoms with Crippen molar-refractivity contribution in [2.75, 3.05) is 6.54 Å². The molecule has 0 aliphatic heterocycles. The molecule has 184 valence electrons. The van der Waals surface area contributed by atoms with Crippen molar-refractivity contribution in [3.05, 3.63) is 41.8 Å². The number of H-pyrrole nitrogens is 1. The number of aromatic nitrogens is 3. The molecular formula is C24H33N5O3S2. The molecule has 1 aliphatic rings. The molecule has 34 heavy (non-hydrogen) atoms. The Bertz CT molecular complexity index is 1080. The van der Waals surface area contributed by atoms with Crippen LogP contribution in [0, 0.1) is 0 Å². The minimum atomic E-state index is -1.28. The Morgan fingerprint density at radius 2 is 2.06 bits per heavy atom. The van der Waals surface area contributed by atoms with Gasteiger partial charge in [-0.3, -0.25) is 0 Å². The summed E-state index contributed by atoms with van der Waals surface area (Å²) in [5.74, 6) is 1.37. The first-order valence-corrected chi connectivity index (χ1v) is 13.6. The highest BCUT2D eigenvalue weighted by atomic mass is 32.2. The number of amides is 1. The SMILES string of the molecule is CC(C)OC(N)=O.CCNS(=O)c1cc(-c2ncc[nH]2)ccc1-c1cnc(C2CCCCC2)s1. The molecule has 8 nitrogen and oxygen atoms in total. The summed E-state index contributed by atoms with van der Waals surface area (Å²) < 4.78 is 20.3. The van der Waals surface area contributed by atoms with Gasteiger partial charge in [-0.1, -0.05) is 38.3 Å². The van der Waals surface area contributed by atoms with Gasteiger partial charge in [0.05, 0.1) is 20.9 Å². The van der Waals surface area contributed by atoms with Crippen LogP contribution in [0.4, 0.5) is 4.79 Å². The van der Waals surface area contributed by atoms with E-state index in [1.165, 1.54) is 37.1 Å². The van der Waals surface area contributed by atoms with Gasteiger partial charge in [-0.15, -0.1) is 11.3 Å². The number of aromatic amines is 1. The van der Waals surface area contributed by atoms with Crippen LogP contribution in [0.5, 0.6) is 0 Å². The lowest BCUT2D eigenvalue weighted by atomic mass is 9.90. The van der Waals surface area contributed by atoms with Crippen molar-refractivity contribution in [3.63, 3.8) is 0 Å². The summed E-state index contributed by atoms with van der Waals surface area (Å²) in [5, 5.41) is 1.22. The minimum Gasteiger partial charge on any atom is -0.447 e. The van der Waals surface area contributed by atoms with E-state index in [0.717, 1.165) is 26.7 Å². The Morgan fingerprint density at radius 1 is 1.29 bits per heavy atom. The molecule has 0 radical (unpaired) electrons. The molecule has 0 spiro atoms. The lowest BCUT2D eigenvalue weighted by molar-refractivity contribution is 0.125. The summed E-state index contributed by atoms with van der Waals surface area (Å²) in [5.41, 5.74) is 6.55. The van der Waals surface area contributed by atoms with E-state index < -0.39 is 17.1 Å². The molecule has 1 aliphatic carbocycles. The summed E-state index contributed by atoms with van der Waals surface area (Å²) in [4.78, 5) is 23.8. The fourth-order valence-corrected chi connectivity index (χ4v) is 6.06. The standard InChI is InChI=1S/C20H24N4OS2.C4H9NO2/c1-2-24-27(25)18-12-15(19-21-10-11-22-19)8-9-16(18)17-13-23-20(26-17)14-6-4-3-5-7-14;1-3(2)7-4(5)6/h8-14,24H,2-7H2,1H3,(H,21,22);3H,1-2H3,(H2,5,6). The summed E-state index contributed by atoms with van der Waals surface area (Å²) in [6, 6.07) is 6.04. The van der Waals surface area contributed by atoms with E-state index in [0.29, 0.717) is 12.5 Å². The first-order valence-electron chi connectivity index (χ1n) is 11.6. The molecule has 1 aromatic carbocycles. The van der Waals surface area contributed by atoms with E-state index in [1.54, 1.807) is 37.6 Å². The zero-order chi connectivity index (χ0) is 24.5. The molecule has 1 fully saturated rings. The maximum atomic E-state index is 12.8. The monoisotopic (exact) mass is 503 g/mol. The summed E-state index contributed by atoms with van der Waals surface area (Å²) in [6.45, 7) is 6.09. The average Bonchev–Trinajstić information content (AvgIpc) is 3.52. The van der Waals surface area contributed by atoms with Crippen LogP contribution in [-0.2, 0) is 15.7 Å². The zero-order valence-electron chi connectivity index (χ0n) is 19.9. The first kappa shape index (κ1) is 26.1. The Hall–Kier alpha value is -2.56. The second kappa shape index (κ2) is 12.8. The quantitative estimate of drug-likeness (QED) is 0.400. The molecule has 1 saturated carbocycles. The Labute approximate surface area is 207 Å². The topological polar surface area (TPSA) is 123 Å². The van der Waals surface area contributed by atoms with Crippen LogP contribution in [-0.4, -0.2) is 37.9 Å². The Morgan fingerprint density at radius 3 is 2.65 bits per heavy atom. The van der Waals surface area contributed by atoms with Crippen molar-refractivity contribution in [3.8, 4) is 21.8 Å². The Balaban J connectivity index is 0.000000406. The molecule has 1 unspecified atom stereocenters. The summed E-state index contributed by atoms with van der Waals surface area (Å²) >= 11 is 1.75. The zero-order valence-corrected chi connectivity index (χ0v) is 21.5. The third kappa shape index (κ3) is 7.22. The van der Waals surface area contributed by atoms with Crippen molar-refractivity contribution in [2.24, 2.45) is 5.73 Å². The van der Waals surface area contributed by atoms with Crippen LogP contribution in [0.1, 0.15) is 63.8 Å². The van der Waals surface area contributed by atoms with E-state index in [-0.39, 0.29) is 6.10 Å². The first-order chi connectivity index (χ1) is 16.4.